The van der Waals surface area contributed by atoms with Gasteiger partial charge in [0, 0.05) is 19.2 Å². The fourth-order valence-electron chi connectivity index (χ4n) is 2.30. The molecule has 0 radical (unpaired) electrons. The summed E-state index contributed by atoms with van der Waals surface area (Å²) in [7, 11) is 0. The number of amides is 2. The van der Waals surface area contributed by atoms with Gasteiger partial charge in [-0.15, -0.1) is 0 Å². The third-order valence-electron chi connectivity index (χ3n) is 3.66. The van der Waals surface area contributed by atoms with Gasteiger partial charge in [-0.2, -0.15) is 0 Å². The van der Waals surface area contributed by atoms with E-state index in [1.807, 2.05) is 0 Å². The van der Waals surface area contributed by atoms with Gasteiger partial charge in [0.1, 0.15) is 5.00 Å². The summed E-state index contributed by atoms with van der Waals surface area (Å²) in [6.07, 6.45) is -0.0548. The Bertz CT molecular complexity index is 879. The first kappa shape index (κ1) is 22.1. The lowest BCUT2D eigenvalue weighted by atomic mass is 10.1. The fourth-order valence-corrected chi connectivity index (χ4v) is 3.03. The second kappa shape index (κ2) is 10.4. The number of aromatic nitrogens is 1. The first-order valence-corrected chi connectivity index (χ1v) is 9.57. The second-order valence-corrected chi connectivity index (χ2v) is 7.08. The minimum absolute atomic E-state index is 0.0548. The van der Waals surface area contributed by atoms with Crippen LogP contribution in [0.25, 0.3) is 0 Å². The lowest BCUT2D eigenvalue weighted by Crippen LogP contribution is -2.17. The van der Waals surface area contributed by atoms with Crippen LogP contribution >= 0.6 is 11.3 Å². The van der Waals surface area contributed by atoms with Crippen molar-refractivity contribution < 1.29 is 24.2 Å². The molecule has 29 heavy (non-hydrogen) atoms. The molecule has 0 aliphatic carbocycles. The number of anilines is 4. The lowest BCUT2D eigenvalue weighted by Gasteiger charge is -2.13. The number of carbonyl (C=O) groups is 3. The Labute approximate surface area is 171 Å². The van der Waals surface area contributed by atoms with E-state index in [9.17, 15) is 14.4 Å². The van der Waals surface area contributed by atoms with Crippen molar-refractivity contribution in [2.24, 2.45) is 0 Å². The zero-order valence-electron chi connectivity index (χ0n) is 16.1. The van der Waals surface area contributed by atoms with E-state index in [1.54, 1.807) is 25.1 Å². The molecule has 0 aliphatic rings. The van der Waals surface area contributed by atoms with Gasteiger partial charge in [-0.1, -0.05) is 11.3 Å². The monoisotopic (exact) mass is 421 g/mol. The Kier molecular flexibility index (Phi) is 7.92. The topological polar surface area (TPSA) is 156 Å². The number of aryl methyl sites for hydroxylation is 1. The summed E-state index contributed by atoms with van der Waals surface area (Å²) in [6, 6.07) is 4.91. The number of rotatable bonds is 10. The number of nitrogens with zero attached hydrogens (tertiary/aromatic N) is 1. The van der Waals surface area contributed by atoms with E-state index in [4.69, 9.17) is 15.6 Å². The molecule has 2 aromatic rings. The maximum atomic E-state index is 12.6. The van der Waals surface area contributed by atoms with Crippen molar-refractivity contribution in [3.05, 3.63) is 29.5 Å². The smallest absolute Gasteiger partial charge is 0.305 e. The van der Waals surface area contributed by atoms with Gasteiger partial charge in [0.05, 0.1) is 36.6 Å². The number of aliphatic carboxylic acids is 1. The summed E-state index contributed by atoms with van der Waals surface area (Å²) in [6.45, 7) is 3.98. The Morgan fingerprint density at radius 1 is 1.24 bits per heavy atom. The Hall–Kier alpha value is -3.18. The fraction of sp³-hybridized carbons (Fsp3) is 0.333. The van der Waals surface area contributed by atoms with E-state index in [-0.39, 0.29) is 24.5 Å². The molecule has 156 valence electrons. The Morgan fingerprint density at radius 2 is 2.00 bits per heavy atom. The standard InChI is InChI=1S/C18H23N5O5S/c1-10-16(19)29-18(21-10)23-17(27)13-4-3-12(9-14(13)22-11(2)24)20-6-8-28-7-5-15(25)26/h3-4,9,20H,5-8,19H2,1-2H3,(H,22,24)(H,25,26)(H,21,23,27). The van der Waals surface area contributed by atoms with Crippen molar-refractivity contribution >= 4 is 50.6 Å². The quantitative estimate of drug-likeness (QED) is 0.365. The van der Waals surface area contributed by atoms with E-state index in [0.29, 0.717) is 40.4 Å². The highest BCUT2D eigenvalue weighted by Gasteiger charge is 2.16. The van der Waals surface area contributed by atoms with Crippen molar-refractivity contribution in [2.45, 2.75) is 20.3 Å². The molecule has 0 atom stereocenters. The van der Waals surface area contributed by atoms with Gasteiger partial charge in [0.25, 0.3) is 5.91 Å². The number of carbonyl (C=O) groups excluding carboxylic acids is 2. The number of carboxylic acids is 1. The third-order valence-corrected chi connectivity index (χ3v) is 4.57. The molecule has 0 saturated carbocycles. The second-order valence-electron chi connectivity index (χ2n) is 6.05. The number of ether oxygens (including phenoxy) is 1. The van der Waals surface area contributed by atoms with Crippen LogP contribution < -0.4 is 21.7 Å². The van der Waals surface area contributed by atoms with E-state index >= 15 is 0 Å². The number of nitrogens with two attached hydrogens (primary N) is 1. The largest absolute Gasteiger partial charge is 0.481 e. The van der Waals surface area contributed by atoms with Gasteiger partial charge >= 0.3 is 5.97 Å². The van der Waals surface area contributed by atoms with Gasteiger partial charge in [0.15, 0.2) is 5.13 Å². The van der Waals surface area contributed by atoms with Crippen LogP contribution in [-0.4, -0.2) is 47.6 Å². The van der Waals surface area contributed by atoms with Crippen LogP contribution in [0.15, 0.2) is 18.2 Å². The van der Waals surface area contributed by atoms with Crippen LogP contribution in [0.4, 0.5) is 21.5 Å². The van der Waals surface area contributed by atoms with Gasteiger partial charge in [-0.05, 0) is 25.1 Å². The van der Waals surface area contributed by atoms with E-state index in [2.05, 4.69) is 20.9 Å². The molecular weight excluding hydrogens is 398 g/mol. The maximum absolute atomic E-state index is 12.6. The highest BCUT2D eigenvalue weighted by Crippen LogP contribution is 2.27. The van der Waals surface area contributed by atoms with Crippen molar-refractivity contribution in [2.75, 3.05) is 41.4 Å². The van der Waals surface area contributed by atoms with Crippen LogP contribution in [0, 0.1) is 6.92 Å². The number of benzene rings is 1. The minimum atomic E-state index is -0.914. The maximum Gasteiger partial charge on any atom is 0.305 e. The van der Waals surface area contributed by atoms with E-state index in [1.165, 1.54) is 6.92 Å². The van der Waals surface area contributed by atoms with Crippen LogP contribution in [-0.2, 0) is 14.3 Å². The Morgan fingerprint density at radius 3 is 2.62 bits per heavy atom. The van der Waals surface area contributed by atoms with Crippen molar-refractivity contribution in [1.29, 1.82) is 0 Å². The van der Waals surface area contributed by atoms with Crippen LogP contribution in [0.1, 0.15) is 29.4 Å². The molecule has 0 spiro atoms. The first-order chi connectivity index (χ1) is 13.8. The van der Waals surface area contributed by atoms with Crippen molar-refractivity contribution in [3.8, 4) is 0 Å². The van der Waals surface area contributed by atoms with Crippen LogP contribution in [0.5, 0.6) is 0 Å². The molecule has 0 unspecified atom stereocenters. The number of hydrogen-bond donors (Lipinski definition) is 5. The van der Waals surface area contributed by atoms with E-state index < -0.39 is 11.9 Å². The number of nitrogens with one attached hydrogen (secondary N) is 3. The minimum Gasteiger partial charge on any atom is -0.481 e. The first-order valence-electron chi connectivity index (χ1n) is 8.75. The number of thiazole rings is 1. The zero-order valence-corrected chi connectivity index (χ0v) is 16.9. The number of hydrogen-bond acceptors (Lipinski definition) is 8. The van der Waals surface area contributed by atoms with Crippen molar-refractivity contribution in [1.82, 2.24) is 4.98 Å². The number of nitrogen functional groups attached to an aromatic ring is 1. The molecule has 0 aliphatic heterocycles. The summed E-state index contributed by atoms with van der Waals surface area (Å²) in [5.41, 5.74) is 7.68. The van der Waals surface area contributed by atoms with Crippen LogP contribution in [0.3, 0.4) is 0 Å². The van der Waals surface area contributed by atoms with Gasteiger partial charge in [-0.25, -0.2) is 4.98 Å². The van der Waals surface area contributed by atoms with Gasteiger partial charge < -0.3 is 26.2 Å². The average molecular weight is 421 g/mol. The summed E-state index contributed by atoms with van der Waals surface area (Å²) in [4.78, 5) is 38.7. The van der Waals surface area contributed by atoms with E-state index in [0.717, 1.165) is 11.3 Å². The van der Waals surface area contributed by atoms with Crippen molar-refractivity contribution in [3.63, 3.8) is 0 Å². The third kappa shape index (κ3) is 7.05. The molecule has 6 N–H and O–H groups in total. The molecule has 11 heteroatoms. The van der Waals surface area contributed by atoms with Gasteiger partial charge in [-0.3, -0.25) is 19.7 Å². The lowest BCUT2D eigenvalue weighted by molar-refractivity contribution is -0.138. The molecule has 1 aromatic heterocycles. The summed E-state index contributed by atoms with van der Waals surface area (Å²) < 4.78 is 5.21. The van der Waals surface area contributed by atoms with Crippen LogP contribution in [0.2, 0.25) is 0 Å². The SMILES string of the molecule is CC(=O)Nc1cc(NCCOCCC(=O)O)ccc1C(=O)Nc1nc(C)c(N)s1. The molecule has 1 aromatic carbocycles. The number of carboxylic acid groups (broad SMARTS) is 1. The molecule has 0 saturated heterocycles. The molecule has 2 amide bonds. The molecule has 0 bridgehead atoms. The normalized spacial score (nSPS) is 10.4. The molecule has 10 nitrogen and oxygen atoms in total. The molecule has 0 fully saturated rings. The molecule has 1 heterocycles. The molecule has 2 rings (SSSR count). The Balaban J connectivity index is 2.03. The summed E-state index contributed by atoms with van der Waals surface area (Å²) >= 11 is 1.16. The highest BCUT2D eigenvalue weighted by molar-refractivity contribution is 7.19. The summed E-state index contributed by atoms with van der Waals surface area (Å²) in [5, 5.41) is 17.9. The predicted octanol–water partition coefficient (Wildman–Crippen LogP) is 2.15. The average Bonchev–Trinajstić information content (AvgIpc) is 2.94. The summed E-state index contributed by atoms with van der Waals surface area (Å²) in [5.74, 6) is -1.66. The van der Waals surface area contributed by atoms with Gasteiger partial charge in [0.2, 0.25) is 5.91 Å². The molecular formula is C18H23N5O5S. The predicted molar refractivity (Wildman–Crippen MR) is 112 cm³/mol. The highest BCUT2D eigenvalue weighted by atomic mass is 32.1. The zero-order chi connectivity index (χ0) is 21.4.